The van der Waals surface area contributed by atoms with Crippen LogP contribution in [0, 0.1) is 17.6 Å². The average molecular weight is 451 g/mol. The fourth-order valence-electron chi connectivity index (χ4n) is 5.60. The molecular weight excluding hydrogens is 428 g/mol. The first-order chi connectivity index (χ1) is 15.9. The van der Waals surface area contributed by atoms with Crippen molar-refractivity contribution in [2.24, 2.45) is 5.92 Å². The van der Waals surface area contributed by atoms with E-state index in [2.05, 4.69) is 17.0 Å². The van der Waals surface area contributed by atoms with Gasteiger partial charge in [-0.1, -0.05) is 18.2 Å². The van der Waals surface area contributed by atoms with Crippen LogP contribution >= 0.6 is 0 Å². The highest BCUT2D eigenvalue weighted by Crippen LogP contribution is 2.42. The monoisotopic (exact) mass is 451 g/mol. The Bertz CT molecular complexity index is 1340. The molecule has 0 amide bonds. The average Bonchev–Trinajstić information content (AvgIpc) is 3.44. The highest BCUT2D eigenvalue weighted by Gasteiger charge is 2.43. The number of aromatic carboxylic acids is 1. The van der Waals surface area contributed by atoms with Crippen molar-refractivity contribution in [3.05, 3.63) is 70.0 Å². The first kappa shape index (κ1) is 20.2. The quantitative estimate of drug-likeness (QED) is 0.649. The van der Waals surface area contributed by atoms with E-state index in [1.807, 2.05) is 18.2 Å². The van der Waals surface area contributed by atoms with Crippen LogP contribution < -0.4 is 15.2 Å². The second-order valence-electron chi connectivity index (χ2n) is 9.28. The predicted molar refractivity (Wildman–Crippen MR) is 121 cm³/mol. The third-order valence-electron chi connectivity index (χ3n) is 7.31. The molecule has 3 aliphatic rings. The molecule has 1 aliphatic carbocycles. The molecule has 2 saturated heterocycles. The molecule has 33 heavy (non-hydrogen) atoms. The van der Waals surface area contributed by atoms with Gasteiger partial charge in [-0.05, 0) is 37.5 Å². The molecule has 3 fully saturated rings. The summed E-state index contributed by atoms with van der Waals surface area (Å²) in [4.78, 5) is 28.3. The van der Waals surface area contributed by atoms with E-state index in [9.17, 15) is 14.7 Å². The third-order valence-corrected chi connectivity index (χ3v) is 7.31. The number of para-hydroxylation sites is 1. The van der Waals surface area contributed by atoms with Gasteiger partial charge in [-0.15, -0.1) is 0 Å². The van der Waals surface area contributed by atoms with Crippen molar-refractivity contribution in [1.29, 1.82) is 0 Å². The number of carboxylic acids is 1. The summed E-state index contributed by atoms with van der Waals surface area (Å²) in [5.74, 6) is -2.71. The van der Waals surface area contributed by atoms with Crippen molar-refractivity contribution in [3.8, 4) is 0 Å². The summed E-state index contributed by atoms with van der Waals surface area (Å²) in [6.45, 7) is 1.93. The van der Waals surface area contributed by atoms with E-state index in [0.717, 1.165) is 37.6 Å². The van der Waals surface area contributed by atoms with Gasteiger partial charge >= 0.3 is 5.97 Å². The lowest BCUT2D eigenvalue weighted by Gasteiger charge is -2.28. The number of rotatable bonds is 4. The van der Waals surface area contributed by atoms with E-state index in [1.165, 1.54) is 10.8 Å². The Morgan fingerprint density at radius 1 is 1.06 bits per heavy atom. The Morgan fingerprint density at radius 3 is 2.52 bits per heavy atom. The number of pyridine rings is 1. The van der Waals surface area contributed by atoms with E-state index < -0.39 is 28.6 Å². The first-order valence-electron chi connectivity index (χ1n) is 11.3. The van der Waals surface area contributed by atoms with E-state index in [0.29, 0.717) is 19.0 Å². The SMILES string of the molecule is O=C(O)c1cn(C2CC2)c2c(F)c(N3CC4CCN(c5ccccc5)C4C3)c(F)cc2c1=O. The van der Waals surface area contributed by atoms with Gasteiger partial charge in [0.15, 0.2) is 5.82 Å². The van der Waals surface area contributed by atoms with Crippen molar-refractivity contribution < 1.29 is 18.7 Å². The summed E-state index contributed by atoms with van der Waals surface area (Å²) >= 11 is 0. The lowest BCUT2D eigenvalue weighted by atomic mass is 10.0. The zero-order chi connectivity index (χ0) is 22.9. The van der Waals surface area contributed by atoms with Gasteiger partial charge in [-0.3, -0.25) is 4.79 Å². The molecule has 0 bridgehead atoms. The van der Waals surface area contributed by atoms with Gasteiger partial charge in [0.05, 0.1) is 16.9 Å². The largest absolute Gasteiger partial charge is 0.477 e. The summed E-state index contributed by atoms with van der Waals surface area (Å²) in [6.07, 6.45) is 3.69. The van der Waals surface area contributed by atoms with Crippen LogP contribution in [0.2, 0.25) is 0 Å². The van der Waals surface area contributed by atoms with Crippen molar-refractivity contribution in [2.45, 2.75) is 31.3 Å². The number of fused-ring (bicyclic) bond motifs is 2. The normalized spacial score (nSPS) is 22.2. The van der Waals surface area contributed by atoms with Crippen LogP contribution in [0.3, 0.4) is 0 Å². The number of carboxylic acid groups (broad SMARTS) is 1. The Labute approximate surface area is 188 Å². The topological polar surface area (TPSA) is 65.8 Å². The van der Waals surface area contributed by atoms with Gasteiger partial charge in [0.2, 0.25) is 5.43 Å². The maximum absolute atomic E-state index is 15.9. The number of anilines is 2. The van der Waals surface area contributed by atoms with Crippen molar-refractivity contribution in [1.82, 2.24) is 4.57 Å². The second-order valence-corrected chi connectivity index (χ2v) is 9.28. The molecule has 6 nitrogen and oxygen atoms in total. The van der Waals surface area contributed by atoms with Gasteiger partial charge in [0.25, 0.3) is 0 Å². The number of aromatic nitrogens is 1. The highest BCUT2D eigenvalue weighted by molar-refractivity contribution is 5.94. The maximum Gasteiger partial charge on any atom is 0.341 e. The molecule has 1 saturated carbocycles. The number of hydrogen-bond donors (Lipinski definition) is 1. The minimum absolute atomic E-state index is 0.000810. The molecule has 2 atom stereocenters. The molecule has 0 radical (unpaired) electrons. The number of carbonyl (C=O) groups is 1. The van der Waals surface area contributed by atoms with E-state index in [-0.39, 0.29) is 28.7 Å². The van der Waals surface area contributed by atoms with Crippen molar-refractivity contribution >= 4 is 28.2 Å². The summed E-state index contributed by atoms with van der Waals surface area (Å²) < 4.78 is 32.8. The Morgan fingerprint density at radius 2 is 1.82 bits per heavy atom. The van der Waals surface area contributed by atoms with Crippen LogP contribution in [0.1, 0.15) is 35.7 Å². The molecule has 0 spiro atoms. The van der Waals surface area contributed by atoms with Crippen molar-refractivity contribution in [3.63, 3.8) is 0 Å². The van der Waals surface area contributed by atoms with Crippen LogP contribution in [-0.4, -0.2) is 41.3 Å². The third kappa shape index (κ3) is 3.11. The predicted octanol–water partition coefficient (Wildman–Crippen LogP) is 4.03. The van der Waals surface area contributed by atoms with Crippen LogP contribution in [0.25, 0.3) is 10.9 Å². The minimum atomic E-state index is -1.39. The van der Waals surface area contributed by atoms with Gasteiger partial charge in [-0.25, -0.2) is 13.6 Å². The first-order valence-corrected chi connectivity index (χ1v) is 11.3. The molecule has 1 aromatic heterocycles. The van der Waals surface area contributed by atoms with Gasteiger partial charge in [-0.2, -0.15) is 0 Å². The van der Waals surface area contributed by atoms with E-state index >= 15 is 8.78 Å². The Kier molecular flexibility index (Phi) is 4.47. The summed E-state index contributed by atoms with van der Waals surface area (Å²) in [5, 5.41) is 9.20. The lowest BCUT2D eigenvalue weighted by molar-refractivity contribution is 0.0694. The standard InChI is InChI=1S/C25H23F2N3O3/c26-19-10-17-22(30(16-6-7-16)12-18(24(17)31)25(32)33)21(27)23(19)28-11-14-8-9-29(20(14)13-28)15-4-2-1-3-5-15/h1-5,10,12,14,16,20H,6-9,11,13H2,(H,32,33). The molecule has 2 aromatic carbocycles. The highest BCUT2D eigenvalue weighted by atomic mass is 19.1. The Hall–Kier alpha value is -3.42. The van der Waals surface area contributed by atoms with Crippen LogP contribution in [0.5, 0.6) is 0 Å². The fourth-order valence-corrected chi connectivity index (χ4v) is 5.60. The molecular formula is C25H23F2N3O3. The van der Waals surface area contributed by atoms with Crippen LogP contribution in [-0.2, 0) is 0 Å². The minimum Gasteiger partial charge on any atom is -0.477 e. The summed E-state index contributed by atoms with van der Waals surface area (Å²) in [5.41, 5.74) is -0.333. The van der Waals surface area contributed by atoms with E-state index in [1.54, 1.807) is 4.90 Å². The number of hydrogen-bond acceptors (Lipinski definition) is 4. The van der Waals surface area contributed by atoms with Gasteiger partial charge < -0.3 is 19.5 Å². The Balaban J connectivity index is 1.44. The van der Waals surface area contributed by atoms with Crippen LogP contribution in [0.4, 0.5) is 20.2 Å². The molecule has 3 heterocycles. The zero-order valence-electron chi connectivity index (χ0n) is 17.9. The molecule has 2 aliphatic heterocycles. The second kappa shape index (κ2) is 7.30. The zero-order valence-corrected chi connectivity index (χ0v) is 17.9. The molecule has 6 rings (SSSR count). The van der Waals surface area contributed by atoms with Gasteiger partial charge in [0, 0.05) is 43.5 Å². The smallest absolute Gasteiger partial charge is 0.341 e. The number of halogens is 2. The molecule has 2 unspecified atom stereocenters. The number of nitrogens with zero attached hydrogens (tertiary/aromatic N) is 3. The van der Waals surface area contributed by atoms with E-state index in [4.69, 9.17) is 0 Å². The molecule has 1 N–H and O–H groups in total. The fraction of sp³-hybridized carbons (Fsp3) is 0.360. The maximum atomic E-state index is 15.9. The molecule has 170 valence electrons. The summed E-state index contributed by atoms with van der Waals surface area (Å²) in [6, 6.07) is 11.1. The molecule has 8 heteroatoms. The van der Waals surface area contributed by atoms with Crippen molar-refractivity contribution in [2.75, 3.05) is 29.4 Å². The van der Waals surface area contributed by atoms with Crippen LogP contribution in [0.15, 0.2) is 47.4 Å². The lowest BCUT2D eigenvalue weighted by Crippen LogP contribution is -2.35. The number of benzene rings is 2. The summed E-state index contributed by atoms with van der Waals surface area (Å²) in [7, 11) is 0. The molecule has 3 aromatic rings. The van der Waals surface area contributed by atoms with Gasteiger partial charge in [0.1, 0.15) is 17.1 Å².